The number of benzene rings is 2. The van der Waals surface area contributed by atoms with Crippen LogP contribution in [0.4, 0.5) is 5.69 Å². The number of hydrogen-bond acceptors (Lipinski definition) is 4. The average molecular weight is 484 g/mol. The molecule has 3 heterocycles. The lowest BCUT2D eigenvalue weighted by Crippen LogP contribution is -2.36. The van der Waals surface area contributed by atoms with Crippen LogP contribution >= 0.6 is 0 Å². The van der Waals surface area contributed by atoms with Crippen molar-refractivity contribution >= 4 is 5.69 Å². The molecule has 3 aromatic rings. The van der Waals surface area contributed by atoms with Gasteiger partial charge in [-0.3, -0.25) is 0 Å². The van der Waals surface area contributed by atoms with E-state index in [-0.39, 0.29) is 6.23 Å². The van der Waals surface area contributed by atoms with Gasteiger partial charge in [0.2, 0.25) is 0 Å². The number of aromatic nitrogens is 2. The fraction of sp³-hybridized carbons (Fsp3) is 0.516. The Kier molecular flexibility index (Phi) is 5.76. The van der Waals surface area contributed by atoms with Crippen molar-refractivity contribution in [3.63, 3.8) is 0 Å². The number of ether oxygens (including phenoxy) is 2. The van der Waals surface area contributed by atoms with Gasteiger partial charge < -0.3 is 14.4 Å². The molecule has 2 aromatic carbocycles. The Hall–Kier alpha value is -2.79. The predicted molar refractivity (Wildman–Crippen MR) is 143 cm³/mol. The minimum absolute atomic E-state index is 0.0625. The highest BCUT2D eigenvalue weighted by Gasteiger charge is 2.36. The van der Waals surface area contributed by atoms with Crippen LogP contribution in [-0.2, 0) is 11.2 Å². The van der Waals surface area contributed by atoms with Gasteiger partial charge in [-0.2, -0.15) is 5.10 Å². The summed E-state index contributed by atoms with van der Waals surface area (Å²) in [5.74, 6) is 2.88. The van der Waals surface area contributed by atoms with Crippen molar-refractivity contribution in [2.75, 3.05) is 25.2 Å². The van der Waals surface area contributed by atoms with Crippen molar-refractivity contribution in [3.8, 4) is 28.0 Å². The molecule has 3 fully saturated rings. The number of anilines is 1. The van der Waals surface area contributed by atoms with Crippen LogP contribution in [0.5, 0.6) is 5.75 Å². The highest BCUT2D eigenvalue weighted by Crippen LogP contribution is 2.45. The lowest BCUT2D eigenvalue weighted by Gasteiger charge is -2.36. The summed E-state index contributed by atoms with van der Waals surface area (Å²) in [5, 5.41) is 4.61. The van der Waals surface area contributed by atoms with Crippen LogP contribution in [0.15, 0.2) is 48.8 Å². The van der Waals surface area contributed by atoms with Gasteiger partial charge in [0.05, 0.1) is 12.8 Å². The van der Waals surface area contributed by atoms with Gasteiger partial charge in [0.15, 0.2) is 0 Å². The van der Waals surface area contributed by atoms with E-state index >= 15 is 0 Å². The summed E-state index contributed by atoms with van der Waals surface area (Å²) in [6.07, 6.45) is 15.5. The van der Waals surface area contributed by atoms with E-state index in [9.17, 15) is 0 Å². The minimum Gasteiger partial charge on any atom is -0.493 e. The van der Waals surface area contributed by atoms with Crippen molar-refractivity contribution in [2.24, 2.45) is 11.8 Å². The zero-order chi connectivity index (χ0) is 24.1. The van der Waals surface area contributed by atoms with Crippen LogP contribution in [0.1, 0.15) is 63.2 Å². The van der Waals surface area contributed by atoms with E-state index in [0.717, 1.165) is 54.6 Å². The summed E-state index contributed by atoms with van der Waals surface area (Å²) in [7, 11) is 2.31. The SMILES string of the molecule is CN(c1ccc2c(c1)CCOc1cc(-c3cnn(C4CCCCO4)c3)ccc1-2)C1C[C@H]2CC[C@@H](C1)C2. The van der Waals surface area contributed by atoms with E-state index in [1.807, 2.05) is 10.9 Å². The van der Waals surface area contributed by atoms with Gasteiger partial charge in [-0.1, -0.05) is 31.0 Å². The highest BCUT2D eigenvalue weighted by molar-refractivity contribution is 5.79. The molecule has 4 aliphatic rings. The van der Waals surface area contributed by atoms with Crippen molar-refractivity contribution < 1.29 is 9.47 Å². The zero-order valence-corrected chi connectivity index (χ0v) is 21.4. The lowest BCUT2D eigenvalue weighted by molar-refractivity contribution is -0.0394. The summed E-state index contributed by atoms with van der Waals surface area (Å²) in [6.45, 7) is 1.53. The smallest absolute Gasteiger partial charge is 0.150 e. The highest BCUT2D eigenvalue weighted by atomic mass is 16.5. The van der Waals surface area contributed by atoms with Crippen molar-refractivity contribution in [3.05, 3.63) is 54.4 Å². The molecule has 36 heavy (non-hydrogen) atoms. The molecule has 1 aromatic heterocycles. The maximum absolute atomic E-state index is 6.30. The Morgan fingerprint density at radius 1 is 0.889 bits per heavy atom. The molecule has 0 radical (unpaired) electrons. The Labute approximate surface area is 214 Å². The van der Waals surface area contributed by atoms with Gasteiger partial charge in [-0.15, -0.1) is 0 Å². The monoisotopic (exact) mass is 483 g/mol. The summed E-state index contributed by atoms with van der Waals surface area (Å²) < 4.78 is 14.2. The third-order valence-electron chi connectivity index (χ3n) is 9.19. The fourth-order valence-electron chi connectivity index (χ4n) is 7.16. The molecular weight excluding hydrogens is 446 g/mol. The average Bonchev–Trinajstić information content (AvgIpc) is 3.50. The molecule has 4 atom stereocenters. The van der Waals surface area contributed by atoms with Gasteiger partial charge in [0, 0.05) is 49.1 Å². The molecule has 2 saturated carbocycles. The molecular formula is C31H37N3O2. The lowest BCUT2D eigenvalue weighted by atomic mass is 9.84. The molecule has 0 N–H and O–H groups in total. The first kappa shape index (κ1) is 22.4. The van der Waals surface area contributed by atoms with Gasteiger partial charge in [0.25, 0.3) is 0 Å². The Bertz CT molecular complexity index is 1230. The summed E-state index contributed by atoms with van der Waals surface area (Å²) >= 11 is 0. The first-order valence-electron chi connectivity index (χ1n) is 14.0. The fourth-order valence-corrected chi connectivity index (χ4v) is 7.16. The molecule has 7 rings (SSSR count). The molecule has 2 bridgehead atoms. The Balaban J connectivity index is 1.14. The van der Waals surface area contributed by atoms with Crippen molar-refractivity contribution in [1.29, 1.82) is 0 Å². The maximum Gasteiger partial charge on any atom is 0.150 e. The Morgan fingerprint density at radius 2 is 1.75 bits per heavy atom. The normalized spacial score (nSPS) is 27.0. The maximum atomic E-state index is 6.30. The van der Waals surface area contributed by atoms with Gasteiger partial charge >= 0.3 is 0 Å². The second-order valence-electron chi connectivity index (χ2n) is 11.5. The second kappa shape index (κ2) is 9.26. The topological polar surface area (TPSA) is 39.5 Å². The van der Waals surface area contributed by atoms with E-state index in [2.05, 4.69) is 59.6 Å². The van der Waals surface area contributed by atoms with Gasteiger partial charge in [0.1, 0.15) is 12.0 Å². The van der Waals surface area contributed by atoms with Crippen molar-refractivity contribution in [2.45, 2.75) is 70.1 Å². The second-order valence-corrected chi connectivity index (χ2v) is 11.5. The Morgan fingerprint density at radius 3 is 2.58 bits per heavy atom. The first-order chi connectivity index (χ1) is 17.7. The number of fused-ring (bicyclic) bond motifs is 5. The van der Waals surface area contributed by atoms with E-state index in [0.29, 0.717) is 12.6 Å². The summed E-state index contributed by atoms with van der Waals surface area (Å²) in [5.41, 5.74) is 7.51. The molecule has 1 saturated heterocycles. The van der Waals surface area contributed by atoms with Gasteiger partial charge in [-0.05, 0) is 85.3 Å². The predicted octanol–water partition coefficient (Wildman–Crippen LogP) is 6.87. The third-order valence-corrected chi connectivity index (χ3v) is 9.19. The number of rotatable bonds is 4. The van der Waals surface area contributed by atoms with E-state index in [4.69, 9.17) is 9.47 Å². The minimum atomic E-state index is 0.0625. The largest absolute Gasteiger partial charge is 0.493 e. The van der Waals surface area contributed by atoms with Crippen molar-refractivity contribution in [1.82, 2.24) is 9.78 Å². The quantitative estimate of drug-likeness (QED) is 0.406. The van der Waals surface area contributed by atoms with E-state index in [1.165, 1.54) is 60.9 Å². The summed E-state index contributed by atoms with van der Waals surface area (Å²) in [6, 6.07) is 14.4. The van der Waals surface area contributed by atoms with Crippen LogP contribution in [0, 0.1) is 11.8 Å². The van der Waals surface area contributed by atoms with E-state index < -0.39 is 0 Å². The van der Waals surface area contributed by atoms with Crippen LogP contribution < -0.4 is 9.64 Å². The first-order valence-corrected chi connectivity index (χ1v) is 14.0. The standard InChI is InChI=1S/C31H37N3O2/c1-33(27-15-21-5-6-22(14-21)16-27)26-8-10-28-24(17-26)11-13-35-30-18-23(7-9-29(28)30)25-19-32-34(20-25)31-4-2-3-12-36-31/h7-10,17-22,27,31H,2-6,11-16H2,1H3/t21-,22+,27?,31?. The summed E-state index contributed by atoms with van der Waals surface area (Å²) in [4.78, 5) is 2.56. The van der Waals surface area contributed by atoms with Crippen LogP contribution in [0.2, 0.25) is 0 Å². The third kappa shape index (κ3) is 4.11. The van der Waals surface area contributed by atoms with Crippen LogP contribution in [0.3, 0.4) is 0 Å². The molecule has 5 nitrogen and oxygen atoms in total. The van der Waals surface area contributed by atoms with Gasteiger partial charge in [-0.25, -0.2) is 4.68 Å². The molecule has 0 amide bonds. The number of nitrogens with zero attached hydrogens (tertiary/aromatic N) is 3. The molecule has 2 aliphatic heterocycles. The molecule has 2 unspecified atom stereocenters. The molecule has 5 heteroatoms. The van der Waals surface area contributed by atoms with E-state index in [1.54, 1.807) is 0 Å². The van der Waals surface area contributed by atoms with Crippen LogP contribution in [0.25, 0.3) is 22.3 Å². The molecule has 188 valence electrons. The number of hydrogen-bond donors (Lipinski definition) is 0. The van der Waals surface area contributed by atoms with Crippen LogP contribution in [-0.4, -0.2) is 36.1 Å². The molecule has 0 spiro atoms. The zero-order valence-electron chi connectivity index (χ0n) is 21.4. The molecule has 2 aliphatic carbocycles.